The van der Waals surface area contributed by atoms with E-state index in [1.807, 2.05) is 36.4 Å². The van der Waals surface area contributed by atoms with Crippen LogP contribution >= 0.6 is 0 Å². The van der Waals surface area contributed by atoms with Crippen LogP contribution in [0, 0.1) is 0 Å². The summed E-state index contributed by atoms with van der Waals surface area (Å²) < 4.78 is 16.5. The van der Waals surface area contributed by atoms with Crippen LogP contribution < -0.4 is 4.74 Å². The highest BCUT2D eigenvalue weighted by Gasteiger charge is 2.17. The number of aliphatic hydroxyl groups excluding tert-OH is 1. The molecule has 0 aliphatic rings. The van der Waals surface area contributed by atoms with Crippen molar-refractivity contribution in [3.05, 3.63) is 53.5 Å². The molecule has 0 fully saturated rings. The van der Waals surface area contributed by atoms with Gasteiger partial charge in [0.25, 0.3) is 0 Å². The molecular formula is C16H20O4. The van der Waals surface area contributed by atoms with Crippen molar-refractivity contribution in [1.29, 1.82) is 0 Å². The molecular weight excluding hydrogens is 256 g/mol. The Labute approximate surface area is 118 Å². The maximum atomic E-state index is 8.84. The second-order valence-corrected chi connectivity index (χ2v) is 4.52. The third-order valence-electron chi connectivity index (χ3n) is 3.18. The minimum absolute atomic E-state index is 0.169. The van der Waals surface area contributed by atoms with Gasteiger partial charge in [-0.15, -0.1) is 0 Å². The van der Waals surface area contributed by atoms with Gasteiger partial charge in [-0.1, -0.05) is 12.1 Å². The van der Waals surface area contributed by atoms with Crippen molar-refractivity contribution in [3.8, 4) is 5.75 Å². The Kier molecular flexibility index (Phi) is 5.21. The second-order valence-electron chi connectivity index (χ2n) is 4.52. The zero-order chi connectivity index (χ0) is 14.4. The van der Waals surface area contributed by atoms with E-state index in [9.17, 15) is 0 Å². The van der Waals surface area contributed by atoms with E-state index in [2.05, 4.69) is 0 Å². The van der Waals surface area contributed by atoms with Crippen LogP contribution in [0.4, 0.5) is 0 Å². The summed E-state index contributed by atoms with van der Waals surface area (Å²) in [6.07, 6.45) is 1.20. The number of hydrogen-bond acceptors (Lipinski definition) is 4. The van der Waals surface area contributed by atoms with E-state index in [4.69, 9.17) is 19.0 Å². The Morgan fingerprint density at radius 2 is 1.85 bits per heavy atom. The number of furan rings is 1. The first-order chi connectivity index (χ1) is 9.78. The Morgan fingerprint density at radius 1 is 1.10 bits per heavy atom. The van der Waals surface area contributed by atoms with E-state index in [-0.39, 0.29) is 12.7 Å². The van der Waals surface area contributed by atoms with Crippen LogP contribution in [0.15, 0.2) is 40.8 Å². The molecule has 20 heavy (non-hydrogen) atoms. The standard InChI is InChI=1S/C16H20O4/c1-18-13-7-5-12(6-8-13)16(19-2)15-10-9-14(20-15)4-3-11-17/h5-10,16-17H,3-4,11H2,1-2H3. The third-order valence-corrected chi connectivity index (χ3v) is 3.18. The zero-order valence-electron chi connectivity index (χ0n) is 11.8. The van der Waals surface area contributed by atoms with Gasteiger partial charge >= 0.3 is 0 Å². The van der Waals surface area contributed by atoms with E-state index in [0.717, 1.165) is 29.3 Å². The van der Waals surface area contributed by atoms with E-state index in [0.29, 0.717) is 6.42 Å². The summed E-state index contributed by atoms with van der Waals surface area (Å²) in [6.45, 7) is 0.169. The van der Waals surface area contributed by atoms with Gasteiger partial charge in [0.1, 0.15) is 23.4 Å². The SMILES string of the molecule is COc1ccc(C(OC)c2ccc(CCCO)o2)cc1. The smallest absolute Gasteiger partial charge is 0.140 e. The fraction of sp³-hybridized carbons (Fsp3) is 0.375. The van der Waals surface area contributed by atoms with Crippen molar-refractivity contribution in [2.75, 3.05) is 20.8 Å². The predicted molar refractivity (Wildman–Crippen MR) is 76.0 cm³/mol. The number of methoxy groups -OCH3 is 2. The van der Waals surface area contributed by atoms with E-state index in [1.165, 1.54) is 0 Å². The molecule has 2 rings (SSSR count). The van der Waals surface area contributed by atoms with Crippen molar-refractivity contribution in [2.24, 2.45) is 0 Å². The Balaban J connectivity index is 2.15. The number of benzene rings is 1. The summed E-state index contributed by atoms with van der Waals surface area (Å²) >= 11 is 0. The average Bonchev–Trinajstić information content (AvgIpc) is 2.95. The van der Waals surface area contributed by atoms with Crippen LogP contribution in [0.1, 0.15) is 29.6 Å². The molecule has 1 unspecified atom stereocenters. The Bertz CT molecular complexity index is 516. The van der Waals surface area contributed by atoms with Crippen molar-refractivity contribution >= 4 is 0 Å². The third kappa shape index (κ3) is 3.40. The molecule has 2 aromatic rings. The molecule has 1 heterocycles. The second kappa shape index (κ2) is 7.12. The Morgan fingerprint density at radius 3 is 2.45 bits per heavy atom. The molecule has 1 N–H and O–H groups in total. The van der Waals surface area contributed by atoms with E-state index >= 15 is 0 Å². The maximum Gasteiger partial charge on any atom is 0.140 e. The van der Waals surface area contributed by atoms with Gasteiger partial charge in [0.05, 0.1) is 7.11 Å². The highest BCUT2D eigenvalue weighted by Crippen LogP contribution is 2.28. The molecule has 0 saturated heterocycles. The number of aryl methyl sites for hydroxylation is 1. The summed E-state index contributed by atoms with van der Waals surface area (Å²) in [5.74, 6) is 2.45. The van der Waals surface area contributed by atoms with Crippen molar-refractivity contribution < 1.29 is 19.0 Å². The van der Waals surface area contributed by atoms with Gasteiger partial charge in [-0.2, -0.15) is 0 Å². The molecule has 108 valence electrons. The molecule has 0 saturated carbocycles. The minimum Gasteiger partial charge on any atom is -0.497 e. The van der Waals surface area contributed by atoms with Crippen molar-refractivity contribution in [3.63, 3.8) is 0 Å². The highest BCUT2D eigenvalue weighted by atomic mass is 16.5. The summed E-state index contributed by atoms with van der Waals surface area (Å²) in [7, 11) is 3.30. The number of hydrogen-bond donors (Lipinski definition) is 1. The summed E-state index contributed by atoms with van der Waals surface area (Å²) in [5, 5.41) is 8.84. The lowest BCUT2D eigenvalue weighted by molar-refractivity contribution is 0.115. The Hall–Kier alpha value is -1.78. The molecule has 4 heteroatoms. The minimum atomic E-state index is -0.233. The first-order valence-corrected chi connectivity index (χ1v) is 6.64. The molecule has 0 aliphatic heterocycles. The number of ether oxygens (including phenoxy) is 2. The fourth-order valence-electron chi connectivity index (χ4n) is 2.12. The molecule has 0 radical (unpaired) electrons. The molecule has 1 atom stereocenters. The molecule has 1 aromatic heterocycles. The first-order valence-electron chi connectivity index (χ1n) is 6.64. The molecule has 0 spiro atoms. The van der Waals surface area contributed by atoms with E-state index in [1.54, 1.807) is 14.2 Å². The van der Waals surface area contributed by atoms with Gasteiger partial charge in [0, 0.05) is 20.1 Å². The van der Waals surface area contributed by atoms with Crippen LogP contribution in [-0.4, -0.2) is 25.9 Å². The van der Waals surface area contributed by atoms with Crippen LogP contribution in [0.3, 0.4) is 0 Å². The normalized spacial score (nSPS) is 12.3. The van der Waals surface area contributed by atoms with Crippen molar-refractivity contribution in [1.82, 2.24) is 0 Å². The van der Waals surface area contributed by atoms with Crippen molar-refractivity contribution in [2.45, 2.75) is 18.9 Å². The highest BCUT2D eigenvalue weighted by molar-refractivity contribution is 5.32. The van der Waals surface area contributed by atoms with Crippen LogP contribution in [-0.2, 0) is 11.2 Å². The molecule has 0 amide bonds. The number of aliphatic hydroxyl groups is 1. The lowest BCUT2D eigenvalue weighted by atomic mass is 10.1. The lowest BCUT2D eigenvalue weighted by Gasteiger charge is -2.13. The van der Waals surface area contributed by atoms with Crippen LogP contribution in [0.5, 0.6) is 5.75 Å². The molecule has 4 nitrogen and oxygen atoms in total. The van der Waals surface area contributed by atoms with Gasteiger partial charge in [-0.25, -0.2) is 0 Å². The van der Waals surface area contributed by atoms with E-state index < -0.39 is 0 Å². The lowest BCUT2D eigenvalue weighted by Crippen LogP contribution is -2.02. The zero-order valence-corrected chi connectivity index (χ0v) is 11.8. The van der Waals surface area contributed by atoms with Gasteiger partial charge in [-0.3, -0.25) is 0 Å². The fourth-order valence-corrected chi connectivity index (χ4v) is 2.12. The molecule has 0 bridgehead atoms. The van der Waals surface area contributed by atoms with Gasteiger partial charge < -0.3 is 19.0 Å². The molecule has 1 aromatic carbocycles. The summed E-state index contributed by atoms with van der Waals surface area (Å²) in [4.78, 5) is 0. The van der Waals surface area contributed by atoms with Gasteiger partial charge in [0.2, 0.25) is 0 Å². The molecule has 0 aliphatic carbocycles. The van der Waals surface area contributed by atoms with Gasteiger partial charge in [-0.05, 0) is 36.2 Å². The van der Waals surface area contributed by atoms with Crippen LogP contribution in [0.2, 0.25) is 0 Å². The summed E-state index contributed by atoms with van der Waals surface area (Å²) in [6, 6.07) is 11.6. The average molecular weight is 276 g/mol. The van der Waals surface area contributed by atoms with Crippen LogP contribution in [0.25, 0.3) is 0 Å². The van der Waals surface area contributed by atoms with Gasteiger partial charge in [0.15, 0.2) is 0 Å². The first kappa shape index (κ1) is 14.6. The topological polar surface area (TPSA) is 51.8 Å². The predicted octanol–water partition coefficient (Wildman–Crippen LogP) is 2.95. The largest absolute Gasteiger partial charge is 0.497 e. The number of rotatable bonds is 7. The maximum absolute atomic E-state index is 8.84. The monoisotopic (exact) mass is 276 g/mol. The summed E-state index contributed by atoms with van der Waals surface area (Å²) in [5.41, 5.74) is 1.01. The quantitative estimate of drug-likeness (QED) is 0.844.